The first-order valence-electron chi connectivity index (χ1n) is 10.5. The van der Waals surface area contributed by atoms with E-state index in [-0.39, 0.29) is 35.5 Å². The topological polar surface area (TPSA) is 71.1 Å². The highest BCUT2D eigenvalue weighted by atomic mass is 28.4. The van der Waals surface area contributed by atoms with Crippen LogP contribution in [-0.2, 0) is 27.9 Å². The van der Waals surface area contributed by atoms with Crippen LogP contribution in [0.2, 0.25) is 36.3 Å². The first-order chi connectivity index (χ1) is 13.4. The van der Waals surface area contributed by atoms with Crippen molar-refractivity contribution in [2.45, 2.75) is 96.4 Å². The van der Waals surface area contributed by atoms with Gasteiger partial charge in [-0.15, -0.1) is 6.58 Å². The van der Waals surface area contributed by atoms with Gasteiger partial charge in [0.1, 0.15) is 18.6 Å². The van der Waals surface area contributed by atoms with Gasteiger partial charge < -0.3 is 18.3 Å². The summed E-state index contributed by atoms with van der Waals surface area (Å²) < 4.78 is 23.5. The Morgan fingerprint density at radius 2 is 1.47 bits per heavy atom. The maximum Gasteiger partial charge on any atom is 0.313 e. The second kappa shape index (κ2) is 11.2. The molecule has 0 aromatic heterocycles. The van der Waals surface area contributed by atoms with Crippen LogP contribution in [0.3, 0.4) is 0 Å². The minimum atomic E-state index is -2.33. The Morgan fingerprint density at radius 1 is 0.967 bits per heavy atom. The lowest BCUT2D eigenvalue weighted by Gasteiger charge is -2.42. The van der Waals surface area contributed by atoms with Gasteiger partial charge in [0, 0.05) is 0 Å². The van der Waals surface area contributed by atoms with Crippen molar-refractivity contribution in [3.05, 3.63) is 12.7 Å². The summed E-state index contributed by atoms with van der Waals surface area (Å²) >= 11 is 0. The number of carbonyl (C=O) groups is 2. The SMILES string of the molecule is C=CCO[C@H](CO[Si](C)(C)C(C)(C)C)[C@@H](O[Si](C)(C)C(C)(C)C)C(=O)CC(=O)OC. The van der Waals surface area contributed by atoms with E-state index in [0.717, 1.165) is 0 Å². The van der Waals surface area contributed by atoms with Crippen LogP contribution < -0.4 is 0 Å². The van der Waals surface area contributed by atoms with E-state index >= 15 is 0 Å². The largest absolute Gasteiger partial charge is 0.469 e. The summed E-state index contributed by atoms with van der Waals surface area (Å²) in [6, 6.07) is 0. The number of rotatable bonds is 12. The van der Waals surface area contributed by atoms with Crippen molar-refractivity contribution in [1.29, 1.82) is 0 Å². The Kier molecular flexibility index (Phi) is 10.9. The Morgan fingerprint density at radius 3 is 1.87 bits per heavy atom. The molecule has 0 aliphatic carbocycles. The third-order valence-electron chi connectivity index (χ3n) is 6.27. The highest BCUT2D eigenvalue weighted by Gasteiger charge is 2.45. The van der Waals surface area contributed by atoms with Gasteiger partial charge in [0.25, 0.3) is 0 Å². The fourth-order valence-corrected chi connectivity index (χ4v) is 4.37. The van der Waals surface area contributed by atoms with E-state index in [1.165, 1.54) is 7.11 Å². The van der Waals surface area contributed by atoms with E-state index in [1.54, 1.807) is 6.08 Å². The van der Waals surface area contributed by atoms with Gasteiger partial charge in [-0.1, -0.05) is 47.6 Å². The predicted molar refractivity (Wildman–Crippen MR) is 127 cm³/mol. The molecule has 0 heterocycles. The van der Waals surface area contributed by atoms with E-state index in [1.807, 2.05) is 0 Å². The number of esters is 1. The summed E-state index contributed by atoms with van der Waals surface area (Å²) in [5.41, 5.74) is 0. The molecule has 0 aromatic rings. The molecule has 30 heavy (non-hydrogen) atoms. The van der Waals surface area contributed by atoms with Crippen molar-refractivity contribution < 1.29 is 27.9 Å². The second-order valence-electron chi connectivity index (χ2n) is 10.7. The smallest absolute Gasteiger partial charge is 0.313 e. The van der Waals surface area contributed by atoms with Gasteiger partial charge in [0.15, 0.2) is 22.4 Å². The number of hydrogen-bond acceptors (Lipinski definition) is 6. The molecule has 0 spiro atoms. The number of hydrogen-bond donors (Lipinski definition) is 0. The van der Waals surface area contributed by atoms with Crippen LogP contribution in [0.15, 0.2) is 12.7 Å². The molecule has 0 radical (unpaired) electrons. The first-order valence-corrected chi connectivity index (χ1v) is 16.3. The Bertz CT molecular complexity index is 587. The van der Waals surface area contributed by atoms with E-state index < -0.39 is 34.8 Å². The van der Waals surface area contributed by atoms with Crippen LogP contribution in [0.4, 0.5) is 0 Å². The molecule has 2 atom stereocenters. The summed E-state index contributed by atoms with van der Waals surface area (Å²) in [4.78, 5) is 24.9. The maximum atomic E-state index is 13.1. The molecule has 0 unspecified atom stereocenters. The number of carbonyl (C=O) groups excluding carboxylic acids is 2. The molecule has 0 amide bonds. The van der Waals surface area contributed by atoms with Crippen LogP contribution in [0, 0.1) is 0 Å². The van der Waals surface area contributed by atoms with Crippen molar-refractivity contribution >= 4 is 28.4 Å². The van der Waals surface area contributed by atoms with Gasteiger partial charge >= 0.3 is 5.97 Å². The monoisotopic (exact) mass is 460 g/mol. The summed E-state index contributed by atoms with van der Waals surface area (Å²) in [7, 11) is -3.13. The lowest BCUT2D eigenvalue weighted by Crippen LogP contribution is -2.53. The molecule has 0 fully saturated rings. The van der Waals surface area contributed by atoms with E-state index in [2.05, 4.69) is 74.3 Å². The highest BCUT2D eigenvalue weighted by molar-refractivity contribution is 6.74. The predicted octanol–water partition coefficient (Wildman–Crippen LogP) is 5.10. The maximum absolute atomic E-state index is 13.1. The molecule has 0 aliphatic heterocycles. The lowest BCUT2D eigenvalue weighted by molar-refractivity contribution is -0.148. The lowest BCUT2D eigenvalue weighted by atomic mass is 10.1. The van der Waals surface area contributed by atoms with E-state index in [0.29, 0.717) is 0 Å². The molecular weight excluding hydrogens is 416 g/mol. The van der Waals surface area contributed by atoms with Crippen molar-refractivity contribution in [1.82, 2.24) is 0 Å². The van der Waals surface area contributed by atoms with E-state index in [4.69, 9.17) is 18.3 Å². The number of Topliss-reactive ketones (excluding diaryl/α,β-unsaturated/α-hetero) is 1. The van der Waals surface area contributed by atoms with Crippen LogP contribution in [0.25, 0.3) is 0 Å². The van der Waals surface area contributed by atoms with Crippen molar-refractivity contribution in [2.24, 2.45) is 0 Å². The summed E-state index contributed by atoms with van der Waals surface area (Å²) in [6.45, 7) is 25.4. The van der Waals surface area contributed by atoms with Crippen LogP contribution in [-0.4, -0.2) is 60.9 Å². The standard InChI is InChI=1S/C22H44O6Si2/c1-13-14-26-18(16-27-29(9,10)21(2,3)4)20(17(23)15-19(24)25-8)28-30(11,12)22(5,6)7/h13,18,20H,1,14-16H2,2-12H3/t18-,20+/m1/s1. The normalized spacial score (nSPS) is 15.4. The molecular formula is C22H44O6Si2. The third kappa shape index (κ3) is 8.74. The van der Waals surface area contributed by atoms with Crippen molar-refractivity contribution in [3.63, 3.8) is 0 Å². The zero-order chi connectivity index (χ0) is 24.0. The minimum absolute atomic E-state index is 0.0157. The fraction of sp³-hybridized carbons (Fsp3) is 0.818. The quantitative estimate of drug-likeness (QED) is 0.175. The Hall–Kier alpha value is -0.806. The molecule has 0 saturated heterocycles. The minimum Gasteiger partial charge on any atom is -0.469 e. The Balaban J connectivity index is 5.92. The van der Waals surface area contributed by atoms with Gasteiger partial charge in [0.2, 0.25) is 0 Å². The molecule has 0 aromatic carbocycles. The van der Waals surface area contributed by atoms with Gasteiger partial charge in [0.05, 0.1) is 20.3 Å². The molecule has 0 saturated carbocycles. The van der Waals surface area contributed by atoms with Gasteiger partial charge in [-0.05, 0) is 36.3 Å². The zero-order valence-electron chi connectivity index (χ0n) is 21.0. The molecule has 176 valence electrons. The van der Waals surface area contributed by atoms with E-state index in [9.17, 15) is 9.59 Å². The molecule has 8 heteroatoms. The van der Waals surface area contributed by atoms with Crippen molar-refractivity contribution in [2.75, 3.05) is 20.3 Å². The molecule has 6 nitrogen and oxygen atoms in total. The Labute approximate surface area is 185 Å². The number of ether oxygens (including phenoxy) is 2. The van der Waals surface area contributed by atoms with Gasteiger partial charge in [-0.25, -0.2) is 0 Å². The summed E-state index contributed by atoms with van der Waals surface area (Å²) in [5.74, 6) is -0.934. The molecule has 0 N–H and O–H groups in total. The fourth-order valence-electron chi connectivity index (χ4n) is 2.08. The number of ketones is 1. The summed E-state index contributed by atoms with van der Waals surface area (Å²) in [6.07, 6.45) is -0.268. The van der Waals surface area contributed by atoms with Crippen LogP contribution in [0.1, 0.15) is 48.0 Å². The molecule has 0 aliphatic rings. The summed E-state index contributed by atoms with van der Waals surface area (Å²) in [5, 5.41) is -0.0954. The second-order valence-corrected chi connectivity index (χ2v) is 20.3. The third-order valence-corrected chi connectivity index (χ3v) is 15.2. The van der Waals surface area contributed by atoms with Gasteiger partial charge in [-0.3, -0.25) is 9.59 Å². The van der Waals surface area contributed by atoms with Crippen LogP contribution >= 0.6 is 0 Å². The molecule has 0 rings (SSSR count). The average molecular weight is 461 g/mol. The first kappa shape index (κ1) is 29.2. The zero-order valence-corrected chi connectivity index (χ0v) is 23.0. The number of methoxy groups -OCH3 is 1. The molecule has 0 bridgehead atoms. The van der Waals surface area contributed by atoms with Crippen molar-refractivity contribution in [3.8, 4) is 0 Å². The van der Waals surface area contributed by atoms with Gasteiger partial charge in [-0.2, -0.15) is 0 Å². The highest BCUT2D eigenvalue weighted by Crippen LogP contribution is 2.39. The van der Waals surface area contributed by atoms with Crippen LogP contribution in [0.5, 0.6) is 0 Å². The average Bonchev–Trinajstić information content (AvgIpc) is 2.57.